The van der Waals surface area contributed by atoms with E-state index in [1.165, 1.54) is 4.90 Å². The molecule has 0 bridgehead atoms. The minimum Gasteiger partial charge on any atom is -0.480 e. The smallest absolute Gasteiger partial charge is 0.326 e. The minimum absolute atomic E-state index is 0.141. The molecule has 0 spiro atoms. The molecular weight excluding hydrogens is 208 g/mol. The number of carbonyl (C=O) groups is 2. The van der Waals surface area contributed by atoms with Gasteiger partial charge >= 0.3 is 12.0 Å². The highest BCUT2D eigenvalue weighted by molar-refractivity contribution is 5.83. The Kier molecular flexibility index (Phi) is 4.15. The number of hydrogen-bond donors (Lipinski definition) is 1. The fourth-order valence-corrected chi connectivity index (χ4v) is 1.92. The van der Waals surface area contributed by atoms with Crippen molar-refractivity contribution in [3.63, 3.8) is 0 Å². The third kappa shape index (κ3) is 2.46. The molecule has 2 amide bonds. The van der Waals surface area contributed by atoms with Crippen molar-refractivity contribution in [2.24, 2.45) is 0 Å². The van der Waals surface area contributed by atoms with Gasteiger partial charge in [-0.05, 0) is 26.2 Å². The zero-order chi connectivity index (χ0) is 12.3. The van der Waals surface area contributed by atoms with Gasteiger partial charge in [0.2, 0.25) is 0 Å². The van der Waals surface area contributed by atoms with Crippen LogP contribution in [0.15, 0.2) is 0 Å². The first-order valence-corrected chi connectivity index (χ1v) is 5.75. The SMILES string of the molecule is CCC(C)N(C)C(=O)N1CCC[C@H]1C(=O)O. The third-order valence-electron chi connectivity index (χ3n) is 3.34. The monoisotopic (exact) mass is 228 g/mol. The lowest BCUT2D eigenvalue weighted by atomic mass is 10.2. The van der Waals surface area contributed by atoms with Crippen LogP contribution < -0.4 is 0 Å². The van der Waals surface area contributed by atoms with E-state index in [0.717, 1.165) is 12.8 Å². The van der Waals surface area contributed by atoms with E-state index in [1.807, 2.05) is 13.8 Å². The lowest BCUT2D eigenvalue weighted by Gasteiger charge is -2.31. The number of carboxylic acids is 1. The van der Waals surface area contributed by atoms with Crippen molar-refractivity contribution in [3.05, 3.63) is 0 Å². The third-order valence-corrected chi connectivity index (χ3v) is 3.34. The normalized spacial score (nSPS) is 21.9. The highest BCUT2D eigenvalue weighted by Gasteiger charge is 2.35. The predicted molar refractivity (Wildman–Crippen MR) is 60.3 cm³/mol. The number of carbonyl (C=O) groups excluding carboxylic acids is 1. The Hall–Kier alpha value is -1.26. The number of aliphatic carboxylic acids is 1. The van der Waals surface area contributed by atoms with Crippen LogP contribution >= 0.6 is 0 Å². The zero-order valence-corrected chi connectivity index (χ0v) is 10.1. The van der Waals surface area contributed by atoms with Gasteiger partial charge in [-0.25, -0.2) is 9.59 Å². The first-order valence-electron chi connectivity index (χ1n) is 5.75. The molecule has 0 aromatic rings. The van der Waals surface area contributed by atoms with Crippen LogP contribution in [-0.2, 0) is 4.79 Å². The van der Waals surface area contributed by atoms with E-state index >= 15 is 0 Å². The van der Waals surface area contributed by atoms with Crippen LogP contribution in [0.25, 0.3) is 0 Å². The summed E-state index contributed by atoms with van der Waals surface area (Å²) in [5, 5.41) is 9.00. The van der Waals surface area contributed by atoms with Crippen molar-refractivity contribution in [1.29, 1.82) is 0 Å². The lowest BCUT2D eigenvalue weighted by molar-refractivity contribution is -0.141. The number of nitrogens with zero attached hydrogens (tertiary/aromatic N) is 2. The van der Waals surface area contributed by atoms with Crippen molar-refractivity contribution >= 4 is 12.0 Å². The quantitative estimate of drug-likeness (QED) is 0.794. The molecule has 1 fully saturated rings. The van der Waals surface area contributed by atoms with Gasteiger partial charge in [-0.15, -0.1) is 0 Å². The van der Waals surface area contributed by atoms with Crippen LogP contribution in [-0.4, -0.2) is 52.6 Å². The van der Waals surface area contributed by atoms with E-state index in [2.05, 4.69) is 0 Å². The Bertz CT molecular complexity index is 280. The summed E-state index contributed by atoms with van der Waals surface area (Å²) in [7, 11) is 1.73. The number of amides is 2. The zero-order valence-electron chi connectivity index (χ0n) is 10.1. The summed E-state index contributed by atoms with van der Waals surface area (Å²) >= 11 is 0. The molecule has 1 unspecified atom stereocenters. The molecular formula is C11H20N2O3. The Labute approximate surface area is 96.0 Å². The standard InChI is InChI=1S/C11H20N2O3/c1-4-8(2)12(3)11(16)13-7-5-6-9(13)10(14)15/h8-9H,4-7H2,1-3H3,(H,14,15)/t8?,9-/m0/s1. The molecule has 0 aromatic heterocycles. The number of hydrogen-bond acceptors (Lipinski definition) is 2. The number of carboxylic acid groups (broad SMARTS) is 1. The largest absolute Gasteiger partial charge is 0.480 e. The molecule has 0 aromatic carbocycles. The first kappa shape index (κ1) is 12.8. The molecule has 5 heteroatoms. The van der Waals surface area contributed by atoms with Gasteiger partial charge in [-0.1, -0.05) is 6.92 Å². The molecule has 16 heavy (non-hydrogen) atoms. The Morgan fingerprint density at radius 3 is 2.69 bits per heavy atom. The average Bonchev–Trinajstić information content (AvgIpc) is 2.74. The number of rotatable bonds is 3. The van der Waals surface area contributed by atoms with E-state index in [1.54, 1.807) is 11.9 Å². The van der Waals surface area contributed by atoms with E-state index in [4.69, 9.17) is 5.11 Å². The molecule has 1 rings (SSSR count). The highest BCUT2D eigenvalue weighted by Crippen LogP contribution is 2.19. The molecule has 92 valence electrons. The molecule has 1 aliphatic rings. The van der Waals surface area contributed by atoms with Gasteiger partial charge < -0.3 is 14.9 Å². The maximum Gasteiger partial charge on any atom is 0.326 e. The van der Waals surface area contributed by atoms with E-state index in [-0.39, 0.29) is 12.1 Å². The molecule has 1 saturated heterocycles. The Morgan fingerprint density at radius 2 is 2.19 bits per heavy atom. The van der Waals surface area contributed by atoms with Crippen LogP contribution in [0.2, 0.25) is 0 Å². The van der Waals surface area contributed by atoms with E-state index in [0.29, 0.717) is 13.0 Å². The topological polar surface area (TPSA) is 60.9 Å². The predicted octanol–water partition coefficient (Wildman–Crippen LogP) is 1.39. The fraction of sp³-hybridized carbons (Fsp3) is 0.818. The maximum absolute atomic E-state index is 12.0. The summed E-state index contributed by atoms with van der Waals surface area (Å²) in [5.41, 5.74) is 0. The van der Waals surface area contributed by atoms with Gasteiger partial charge in [0.1, 0.15) is 6.04 Å². The second kappa shape index (κ2) is 5.18. The summed E-state index contributed by atoms with van der Waals surface area (Å²) in [4.78, 5) is 26.1. The molecule has 0 aliphatic carbocycles. The molecule has 5 nitrogen and oxygen atoms in total. The summed E-state index contributed by atoms with van der Waals surface area (Å²) in [5.74, 6) is -0.900. The van der Waals surface area contributed by atoms with Crippen LogP contribution in [0.5, 0.6) is 0 Å². The molecule has 1 heterocycles. The van der Waals surface area contributed by atoms with E-state index < -0.39 is 12.0 Å². The summed E-state index contributed by atoms with van der Waals surface area (Å²) in [6.45, 7) is 4.52. The molecule has 0 saturated carbocycles. The number of likely N-dealkylation sites (tertiary alicyclic amines) is 1. The van der Waals surface area contributed by atoms with Gasteiger partial charge in [0.25, 0.3) is 0 Å². The van der Waals surface area contributed by atoms with Crippen LogP contribution in [0.4, 0.5) is 4.79 Å². The van der Waals surface area contributed by atoms with Crippen LogP contribution in [0, 0.1) is 0 Å². The van der Waals surface area contributed by atoms with Gasteiger partial charge in [0.15, 0.2) is 0 Å². The Balaban J connectivity index is 2.69. The minimum atomic E-state index is -0.900. The molecule has 0 radical (unpaired) electrons. The molecule has 2 atom stereocenters. The summed E-state index contributed by atoms with van der Waals surface area (Å²) in [6.07, 6.45) is 2.21. The maximum atomic E-state index is 12.0. The lowest BCUT2D eigenvalue weighted by Crippen LogP contribution is -2.49. The fourth-order valence-electron chi connectivity index (χ4n) is 1.92. The highest BCUT2D eigenvalue weighted by atomic mass is 16.4. The molecule has 1 aliphatic heterocycles. The van der Waals surface area contributed by atoms with Crippen molar-refractivity contribution in [1.82, 2.24) is 9.80 Å². The molecule has 1 N–H and O–H groups in total. The Morgan fingerprint density at radius 1 is 1.56 bits per heavy atom. The van der Waals surface area contributed by atoms with Gasteiger partial charge in [0, 0.05) is 19.6 Å². The number of urea groups is 1. The average molecular weight is 228 g/mol. The second-order valence-corrected chi connectivity index (χ2v) is 4.34. The van der Waals surface area contributed by atoms with Crippen LogP contribution in [0.3, 0.4) is 0 Å². The van der Waals surface area contributed by atoms with Gasteiger partial charge in [-0.3, -0.25) is 0 Å². The second-order valence-electron chi connectivity index (χ2n) is 4.34. The van der Waals surface area contributed by atoms with Crippen molar-refractivity contribution in [3.8, 4) is 0 Å². The van der Waals surface area contributed by atoms with Crippen molar-refractivity contribution in [2.75, 3.05) is 13.6 Å². The summed E-state index contributed by atoms with van der Waals surface area (Å²) < 4.78 is 0. The van der Waals surface area contributed by atoms with Gasteiger partial charge in [0.05, 0.1) is 0 Å². The van der Waals surface area contributed by atoms with Crippen LogP contribution in [0.1, 0.15) is 33.1 Å². The van der Waals surface area contributed by atoms with Crippen molar-refractivity contribution < 1.29 is 14.7 Å². The van der Waals surface area contributed by atoms with Crippen molar-refractivity contribution in [2.45, 2.75) is 45.2 Å². The summed E-state index contributed by atoms with van der Waals surface area (Å²) in [6, 6.07) is -0.666. The first-order chi connectivity index (χ1) is 7.49. The van der Waals surface area contributed by atoms with E-state index in [9.17, 15) is 9.59 Å². The van der Waals surface area contributed by atoms with Gasteiger partial charge in [-0.2, -0.15) is 0 Å².